The van der Waals surface area contributed by atoms with Crippen LogP contribution >= 0.6 is 0 Å². The van der Waals surface area contributed by atoms with Gasteiger partial charge < -0.3 is 0 Å². The van der Waals surface area contributed by atoms with Crippen LogP contribution in [0.4, 0.5) is 0 Å². The van der Waals surface area contributed by atoms with Crippen molar-refractivity contribution >= 4 is 19.7 Å². The van der Waals surface area contributed by atoms with Gasteiger partial charge in [-0.25, -0.2) is 16.8 Å². The number of rotatable bonds is 2. The predicted octanol–water partition coefficient (Wildman–Crippen LogP) is 5.85. The molecule has 0 amide bonds. The van der Waals surface area contributed by atoms with Gasteiger partial charge in [0.2, 0.25) is 0 Å². The molecular weight excluding hydrogens is 416 g/mol. The minimum atomic E-state index is -3.76. The lowest BCUT2D eigenvalue weighted by Crippen LogP contribution is -2.67. The van der Waals surface area contributed by atoms with Crippen molar-refractivity contribution in [3.63, 3.8) is 0 Å². The number of hydrogen-bond acceptors (Lipinski definition) is 4. The first-order valence-corrected chi connectivity index (χ1v) is 14.6. The predicted molar refractivity (Wildman–Crippen MR) is 122 cm³/mol. The van der Waals surface area contributed by atoms with Crippen LogP contribution in [0.15, 0.2) is 21.0 Å². The third kappa shape index (κ3) is 2.44. The molecule has 6 heteroatoms. The fraction of sp³-hybridized carbons (Fsp3) is 0.833. The Labute approximate surface area is 183 Å². The summed E-state index contributed by atoms with van der Waals surface area (Å²) in [4.78, 5) is 0.583. The third-order valence-electron chi connectivity index (χ3n) is 8.21. The Morgan fingerprint density at radius 3 is 1.23 bits per heavy atom. The standard InChI is InChI=1S/C24H38O4S2/c1-21(2,3)29(25,26)19-20(30(27,28)22(4,5)6)24-16-12-8-11-15-23(19,24)17-13-9-7-10-14-18(17)24/h7-16H2,1-6H3. The topological polar surface area (TPSA) is 68.3 Å². The van der Waals surface area contributed by atoms with Crippen LogP contribution in [0.5, 0.6) is 0 Å². The molecule has 0 radical (unpaired) electrons. The summed E-state index contributed by atoms with van der Waals surface area (Å²) >= 11 is 0. The second kappa shape index (κ2) is 6.46. The molecule has 0 N–H and O–H groups in total. The zero-order valence-corrected chi connectivity index (χ0v) is 21.2. The minimum absolute atomic E-state index is 0.292. The monoisotopic (exact) mass is 454 g/mol. The molecule has 4 rings (SSSR count). The van der Waals surface area contributed by atoms with Crippen molar-refractivity contribution < 1.29 is 16.8 Å². The van der Waals surface area contributed by atoms with Gasteiger partial charge in [-0.15, -0.1) is 0 Å². The van der Waals surface area contributed by atoms with Crippen LogP contribution in [0.3, 0.4) is 0 Å². The molecule has 2 atom stereocenters. The summed E-state index contributed by atoms with van der Waals surface area (Å²) in [6, 6.07) is 0. The van der Waals surface area contributed by atoms with Crippen LogP contribution in [0.25, 0.3) is 0 Å². The molecule has 4 nitrogen and oxygen atoms in total. The quantitative estimate of drug-likeness (QED) is 0.491. The van der Waals surface area contributed by atoms with E-state index < -0.39 is 40.0 Å². The summed E-state index contributed by atoms with van der Waals surface area (Å²) in [6.07, 6.45) is 9.76. The van der Waals surface area contributed by atoms with E-state index in [1.807, 2.05) is 0 Å². The lowest BCUT2D eigenvalue weighted by atomic mass is 9.37. The fourth-order valence-corrected chi connectivity index (χ4v) is 11.1. The Balaban J connectivity index is 2.11. The summed E-state index contributed by atoms with van der Waals surface area (Å²) in [7, 11) is -7.52. The lowest BCUT2D eigenvalue weighted by molar-refractivity contribution is 0.0885. The molecule has 0 aliphatic heterocycles. The van der Waals surface area contributed by atoms with E-state index in [0.29, 0.717) is 9.81 Å². The minimum Gasteiger partial charge on any atom is -0.223 e. The van der Waals surface area contributed by atoms with Gasteiger partial charge in [0.25, 0.3) is 0 Å². The first kappa shape index (κ1) is 22.6. The van der Waals surface area contributed by atoms with Crippen molar-refractivity contribution in [2.75, 3.05) is 0 Å². The van der Waals surface area contributed by atoms with E-state index in [-0.39, 0.29) is 0 Å². The van der Waals surface area contributed by atoms with E-state index in [1.54, 1.807) is 41.5 Å². The van der Waals surface area contributed by atoms with Gasteiger partial charge in [-0.1, -0.05) is 36.8 Å². The lowest BCUT2D eigenvalue weighted by Gasteiger charge is -2.70. The van der Waals surface area contributed by atoms with E-state index in [1.165, 1.54) is 11.1 Å². The molecule has 4 aliphatic rings. The molecule has 2 unspecified atom stereocenters. The molecule has 30 heavy (non-hydrogen) atoms. The average Bonchev–Trinajstić information content (AvgIpc) is 2.86. The fourth-order valence-electron chi connectivity index (χ4n) is 6.69. The first-order valence-electron chi connectivity index (χ1n) is 11.6. The van der Waals surface area contributed by atoms with Gasteiger partial charge in [-0.3, -0.25) is 0 Å². The number of sulfone groups is 2. The molecule has 0 saturated heterocycles. The third-order valence-corrected chi connectivity index (χ3v) is 13.7. The van der Waals surface area contributed by atoms with E-state index in [0.717, 1.165) is 64.2 Å². The van der Waals surface area contributed by atoms with Crippen LogP contribution < -0.4 is 0 Å². The van der Waals surface area contributed by atoms with Crippen LogP contribution in [-0.2, 0) is 19.7 Å². The molecule has 0 heterocycles. The van der Waals surface area contributed by atoms with Gasteiger partial charge in [0.1, 0.15) is 0 Å². The van der Waals surface area contributed by atoms with Gasteiger partial charge in [0.05, 0.1) is 19.3 Å². The molecule has 1 saturated carbocycles. The Hall–Kier alpha value is -0.620. The van der Waals surface area contributed by atoms with Gasteiger partial charge in [-0.05, 0) is 80.1 Å². The normalized spacial score (nSPS) is 32.9. The van der Waals surface area contributed by atoms with Crippen LogP contribution in [0.2, 0.25) is 0 Å². The second-order valence-corrected chi connectivity index (χ2v) is 17.1. The zero-order chi connectivity index (χ0) is 22.4. The zero-order valence-electron chi connectivity index (χ0n) is 19.5. The van der Waals surface area contributed by atoms with Crippen molar-refractivity contribution in [2.45, 2.75) is 115 Å². The summed E-state index contributed by atoms with van der Waals surface area (Å²) in [5, 5.41) is 0. The smallest absolute Gasteiger partial charge is 0.181 e. The average molecular weight is 455 g/mol. The van der Waals surface area contributed by atoms with E-state index in [9.17, 15) is 16.8 Å². The molecule has 4 aliphatic carbocycles. The highest BCUT2D eigenvalue weighted by Crippen LogP contribution is 2.83. The van der Waals surface area contributed by atoms with Crippen molar-refractivity contribution in [1.29, 1.82) is 0 Å². The maximum absolute atomic E-state index is 14.0. The Morgan fingerprint density at radius 2 is 0.900 bits per heavy atom. The van der Waals surface area contributed by atoms with Crippen molar-refractivity contribution in [3.8, 4) is 0 Å². The van der Waals surface area contributed by atoms with Crippen LogP contribution in [0, 0.1) is 10.8 Å². The summed E-state index contributed by atoms with van der Waals surface area (Å²) < 4.78 is 53.9. The summed E-state index contributed by atoms with van der Waals surface area (Å²) in [5.74, 6) is 0. The van der Waals surface area contributed by atoms with Gasteiger partial charge in [0, 0.05) is 10.8 Å². The molecule has 0 spiro atoms. The summed E-state index contributed by atoms with van der Waals surface area (Å²) in [5.41, 5.74) is 1.50. The second-order valence-electron chi connectivity index (χ2n) is 11.8. The Kier molecular flexibility index (Phi) is 4.86. The van der Waals surface area contributed by atoms with Crippen LogP contribution in [-0.4, -0.2) is 26.3 Å². The van der Waals surface area contributed by atoms with Gasteiger partial charge in [0.15, 0.2) is 19.7 Å². The molecule has 170 valence electrons. The van der Waals surface area contributed by atoms with Crippen molar-refractivity contribution in [2.24, 2.45) is 10.8 Å². The van der Waals surface area contributed by atoms with Gasteiger partial charge in [-0.2, -0.15) is 0 Å². The molecule has 0 aromatic carbocycles. The highest BCUT2D eigenvalue weighted by atomic mass is 32.2. The largest absolute Gasteiger partial charge is 0.223 e. The Morgan fingerprint density at radius 1 is 0.567 bits per heavy atom. The molecule has 0 aromatic rings. The molecule has 0 aromatic heterocycles. The number of allylic oxidation sites excluding steroid dienone is 4. The van der Waals surface area contributed by atoms with Crippen molar-refractivity contribution in [3.05, 3.63) is 21.0 Å². The summed E-state index contributed by atoms with van der Waals surface area (Å²) in [6.45, 7) is 10.3. The highest BCUT2D eigenvalue weighted by molar-refractivity contribution is 8.00. The SMILES string of the molecule is CC(C)(C)S(=O)(=O)C1=C(S(=O)(=O)C(C)(C)C)C23CCCCCC12C1=C3CCCCC1. The highest BCUT2D eigenvalue weighted by Gasteiger charge is 2.79. The molecular formula is C24H38O4S2. The van der Waals surface area contributed by atoms with E-state index in [4.69, 9.17) is 0 Å². The van der Waals surface area contributed by atoms with E-state index in [2.05, 4.69) is 0 Å². The molecule has 0 bridgehead atoms. The van der Waals surface area contributed by atoms with Crippen LogP contribution in [0.1, 0.15) is 106 Å². The Bertz CT molecular complexity index is 963. The van der Waals surface area contributed by atoms with Gasteiger partial charge >= 0.3 is 0 Å². The number of hydrogen-bond donors (Lipinski definition) is 0. The molecule has 1 fully saturated rings. The first-order chi connectivity index (χ1) is 13.7. The van der Waals surface area contributed by atoms with Crippen molar-refractivity contribution in [1.82, 2.24) is 0 Å². The maximum Gasteiger partial charge on any atom is 0.181 e. The maximum atomic E-state index is 14.0. The van der Waals surface area contributed by atoms with E-state index >= 15 is 0 Å².